The van der Waals surface area contributed by atoms with Crippen molar-refractivity contribution in [1.82, 2.24) is 9.88 Å². The maximum Gasteiger partial charge on any atom is 0.329 e. The molecule has 0 saturated carbocycles. The number of piperidine rings is 1. The predicted octanol–water partition coefficient (Wildman–Crippen LogP) is 1.69. The minimum atomic E-state index is -1.25. The van der Waals surface area contributed by atoms with E-state index < -0.39 is 23.4 Å². The predicted molar refractivity (Wildman–Crippen MR) is 65.1 cm³/mol. The monoisotopic (exact) mass is 266 g/mol. The van der Waals surface area contributed by atoms with Gasteiger partial charge in [0.05, 0.1) is 0 Å². The van der Waals surface area contributed by atoms with Gasteiger partial charge in [0.25, 0.3) is 5.91 Å². The van der Waals surface area contributed by atoms with Crippen molar-refractivity contribution in [3.63, 3.8) is 0 Å². The number of amides is 1. The third kappa shape index (κ3) is 2.43. The number of carboxylic acid groups (broad SMARTS) is 1. The van der Waals surface area contributed by atoms with Gasteiger partial charge in [0.2, 0.25) is 5.95 Å². The number of nitrogens with zero attached hydrogens (tertiary/aromatic N) is 2. The van der Waals surface area contributed by atoms with Gasteiger partial charge >= 0.3 is 5.97 Å². The summed E-state index contributed by atoms with van der Waals surface area (Å²) in [6.45, 7) is 1.87. The van der Waals surface area contributed by atoms with Crippen LogP contribution in [0, 0.1) is 5.95 Å². The van der Waals surface area contributed by atoms with Crippen molar-refractivity contribution in [2.45, 2.75) is 31.7 Å². The van der Waals surface area contributed by atoms with Crippen LogP contribution in [-0.2, 0) is 4.79 Å². The van der Waals surface area contributed by atoms with Crippen LogP contribution in [0.1, 0.15) is 36.7 Å². The standard InChI is InChI=1S/C13H15FN2O3/c1-13(12(18)19)7-2-3-8-16(13)11(17)9-5-4-6-10(14)15-9/h4-6H,2-3,7-8H2,1H3,(H,18,19). The zero-order valence-corrected chi connectivity index (χ0v) is 10.6. The number of likely N-dealkylation sites (tertiary alicyclic amines) is 1. The first-order valence-corrected chi connectivity index (χ1v) is 6.13. The Balaban J connectivity index is 2.33. The van der Waals surface area contributed by atoms with Crippen molar-refractivity contribution in [1.29, 1.82) is 0 Å². The number of carbonyl (C=O) groups is 2. The summed E-state index contributed by atoms with van der Waals surface area (Å²) in [5, 5.41) is 9.33. The lowest BCUT2D eigenvalue weighted by molar-refractivity contribution is -0.150. The zero-order valence-electron chi connectivity index (χ0n) is 10.6. The second-order valence-corrected chi connectivity index (χ2v) is 4.84. The first kappa shape index (κ1) is 13.5. The maximum absolute atomic E-state index is 13.0. The van der Waals surface area contributed by atoms with Crippen LogP contribution in [0.3, 0.4) is 0 Å². The van der Waals surface area contributed by atoms with Gasteiger partial charge in [0, 0.05) is 6.54 Å². The Morgan fingerprint density at radius 3 is 2.79 bits per heavy atom. The van der Waals surface area contributed by atoms with Crippen molar-refractivity contribution < 1.29 is 19.1 Å². The van der Waals surface area contributed by atoms with Crippen molar-refractivity contribution in [2.24, 2.45) is 0 Å². The molecule has 102 valence electrons. The molecule has 1 saturated heterocycles. The maximum atomic E-state index is 13.0. The molecule has 1 atom stereocenters. The average Bonchev–Trinajstić information content (AvgIpc) is 2.38. The van der Waals surface area contributed by atoms with E-state index in [1.54, 1.807) is 0 Å². The first-order chi connectivity index (χ1) is 8.95. The summed E-state index contributed by atoms with van der Waals surface area (Å²) in [7, 11) is 0. The van der Waals surface area contributed by atoms with E-state index in [4.69, 9.17) is 0 Å². The Morgan fingerprint density at radius 2 is 2.16 bits per heavy atom. The molecular formula is C13H15FN2O3. The van der Waals surface area contributed by atoms with Crippen LogP contribution < -0.4 is 0 Å². The van der Waals surface area contributed by atoms with Crippen LogP contribution in [0.15, 0.2) is 18.2 Å². The lowest BCUT2D eigenvalue weighted by Gasteiger charge is -2.41. The summed E-state index contributed by atoms with van der Waals surface area (Å²) in [5.74, 6) is -2.33. The number of hydrogen-bond donors (Lipinski definition) is 1. The normalized spacial score (nSPS) is 23.2. The fourth-order valence-corrected chi connectivity index (χ4v) is 2.33. The van der Waals surface area contributed by atoms with Gasteiger partial charge < -0.3 is 10.0 Å². The third-order valence-corrected chi connectivity index (χ3v) is 3.53. The number of pyridine rings is 1. The summed E-state index contributed by atoms with van der Waals surface area (Å²) < 4.78 is 13.0. The van der Waals surface area contributed by atoms with Crippen LogP contribution in [0.5, 0.6) is 0 Å². The smallest absolute Gasteiger partial charge is 0.329 e. The Morgan fingerprint density at radius 1 is 1.42 bits per heavy atom. The van der Waals surface area contributed by atoms with Crippen LogP contribution in [-0.4, -0.2) is 39.0 Å². The number of hydrogen-bond acceptors (Lipinski definition) is 3. The van der Waals surface area contributed by atoms with Gasteiger partial charge in [0.15, 0.2) is 0 Å². The van der Waals surface area contributed by atoms with E-state index in [1.807, 2.05) is 0 Å². The molecule has 0 radical (unpaired) electrons. The van der Waals surface area contributed by atoms with Gasteiger partial charge in [-0.05, 0) is 38.3 Å². The van der Waals surface area contributed by atoms with Crippen molar-refractivity contribution in [3.8, 4) is 0 Å². The summed E-state index contributed by atoms with van der Waals surface area (Å²) in [6.07, 6.45) is 1.89. The third-order valence-electron chi connectivity index (χ3n) is 3.53. The highest BCUT2D eigenvalue weighted by molar-refractivity contribution is 5.96. The first-order valence-electron chi connectivity index (χ1n) is 6.13. The molecule has 1 N–H and O–H groups in total. The Bertz CT molecular complexity index is 520. The van der Waals surface area contributed by atoms with Gasteiger partial charge in [-0.3, -0.25) is 4.79 Å². The SMILES string of the molecule is CC1(C(=O)O)CCCCN1C(=O)c1cccc(F)n1. The Labute approximate surface area is 110 Å². The fraction of sp³-hybridized carbons (Fsp3) is 0.462. The number of aromatic nitrogens is 1. The number of carbonyl (C=O) groups excluding carboxylic acids is 1. The van der Waals surface area contributed by atoms with Crippen molar-refractivity contribution in [3.05, 3.63) is 29.8 Å². The summed E-state index contributed by atoms with van der Waals surface area (Å²) >= 11 is 0. The molecule has 1 aromatic heterocycles. The van der Waals surface area contributed by atoms with E-state index >= 15 is 0 Å². The molecule has 2 rings (SSSR count). The van der Waals surface area contributed by atoms with E-state index in [-0.39, 0.29) is 5.69 Å². The molecule has 2 heterocycles. The molecule has 0 spiro atoms. The molecule has 1 fully saturated rings. The minimum Gasteiger partial charge on any atom is -0.480 e. The van der Waals surface area contributed by atoms with Gasteiger partial charge in [-0.1, -0.05) is 6.07 Å². The van der Waals surface area contributed by atoms with Crippen LogP contribution in [0.25, 0.3) is 0 Å². The molecule has 19 heavy (non-hydrogen) atoms. The molecule has 1 amide bonds. The van der Waals surface area contributed by atoms with E-state index in [9.17, 15) is 19.1 Å². The van der Waals surface area contributed by atoms with Gasteiger partial charge in [0.1, 0.15) is 11.2 Å². The molecular weight excluding hydrogens is 251 g/mol. The largest absolute Gasteiger partial charge is 0.480 e. The van der Waals surface area contributed by atoms with Crippen LogP contribution in [0.4, 0.5) is 4.39 Å². The molecule has 0 bridgehead atoms. The highest BCUT2D eigenvalue weighted by atomic mass is 19.1. The van der Waals surface area contributed by atoms with Crippen molar-refractivity contribution in [2.75, 3.05) is 6.54 Å². The highest BCUT2D eigenvalue weighted by Crippen LogP contribution is 2.29. The molecule has 0 aliphatic carbocycles. The number of carboxylic acids is 1. The second-order valence-electron chi connectivity index (χ2n) is 4.84. The highest BCUT2D eigenvalue weighted by Gasteiger charge is 2.44. The van der Waals surface area contributed by atoms with Gasteiger partial charge in [-0.25, -0.2) is 9.78 Å². The molecule has 1 aliphatic rings. The van der Waals surface area contributed by atoms with Crippen LogP contribution in [0.2, 0.25) is 0 Å². The minimum absolute atomic E-state index is 0.0608. The summed E-state index contributed by atoms with van der Waals surface area (Å²) in [4.78, 5) is 28.5. The van der Waals surface area contributed by atoms with E-state index in [0.29, 0.717) is 13.0 Å². The van der Waals surface area contributed by atoms with Gasteiger partial charge in [-0.2, -0.15) is 4.39 Å². The Kier molecular flexibility index (Phi) is 3.50. The summed E-state index contributed by atoms with van der Waals surface area (Å²) in [6, 6.07) is 3.92. The topological polar surface area (TPSA) is 70.5 Å². The lowest BCUT2D eigenvalue weighted by Crippen LogP contribution is -2.57. The van der Waals surface area contributed by atoms with E-state index in [1.165, 1.54) is 24.0 Å². The lowest BCUT2D eigenvalue weighted by atomic mass is 9.88. The molecule has 1 aliphatic heterocycles. The number of halogens is 1. The molecule has 1 unspecified atom stereocenters. The molecule has 5 nitrogen and oxygen atoms in total. The fourth-order valence-electron chi connectivity index (χ4n) is 2.33. The Hall–Kier alpha value is -1.98. The van der Waals surface area contributed by atoms with E-state index in [2.05, 4.69) is 4.98 Å². The summed E-state index contributed by atoms with van der Waals surface area (Å²) in [5.41, 5.74) is -1.31. The molecule has 6 heteroatoms. The van der Waals surface area contributed by atoms with Crippen molar-refractivity contribution >= 4 is 11.9 Å². The molecule has 0 aromatic carbocycles. The number of aliphatic carboxylic acids is 1. The van der Waals surface area contributed by atoms with E-state index in [0.717, 1.165) is 18.9 Å². The number of rotatable bonds is 2. The average molecular weight is 266 g/mol. The molecule has 1 aromatic rings. The quantitative estimate of drug-likeness (QED) is 0.827. The second kappa shape index (κ2) is 4.95. The van der Waals surface area contributed by atoms with Gasteiger partial charge in [-0.15, -0.1) is 0 Å². The zero-order chi connectivity index (χ0) is 14.0. The van der Waals surface area contributed by atoms with Crippen LogP contribution >= 0.6 is 0 Å².